The Morgan fingerprint density at radius 1 is 1.00 bits per heavy atom. The summed E-state index contributed by atoms with van der Waals surface area (Å²) in [5.74, 6) is 0.468. The van der Waals surface area contributed by atoms with Crippen LogP contribution >= 0.6 is 0 Å². The fraction of sp³-hybridized carbons (Fsp3) is 0.350. The molecule has 1 aliphatic rings. The minimum atomic E-state index is -0.514. The summed E-state index contributed by atoms with van der Waals surface area (Å²) in [6.45, 7) is 6.53. The molecule has 5 heteroatoms. The van der Waals surface area contributed by atoms with Gasteiger partial charge in [0.2, 0.25) is 0 Å². The number of hydrogen-bond acceptors (Lipinski definition) is 3. The molecule has 1 saturated heterocycles. The van der Waals surface area contributed by atoms with Crippen LogP contribution in [-0.2, 0) is 4.79 Å². The molecule has 0 unspecified atom stereocenters. The molecule has 0 aliphatic carbocycles. The normalized spacial score (nSPS) is 15.8. The van der Waals surface area contributed by atoms with Gasteiger partial charge in [-0.3, -0.25) is 4.79 Å². The second-order valence-electron chi connectivity index (χ2n) is 6.36. The lowest BCUT2D eigenvalue weighted by Crippen LogP contribution is -2.52. The van der Waals surface area contributed by atoms with Gasteiger partial charge in [0.05, 0.1) is 0 Å². The lowest BCUT2D eigenvalue weighted by molar-refractivity contribution is -0.138. The molecule has 1 heterocycles. The molecule has 0 aromatic heterocycles. The van der Waals surface area contributed by atoms with Crippen LogP contribution in [0, 0.1) is 12.7 Å². The van der Waals surface area contributed by atoms with Crippen molar-refractivity contribution in [3.8, 4) is 5.75 Å². The molecular formula is C20H23FN2O2. The van der Waals surface area contributed by atoms with Crippen molar-refractivity contribution in [1.82, 2.24) is 4.90 Å². The first-order chi connectivity index (χ1) is 12.0. The zero-order chi connectivity index (χ0) is 17.8. The fourth-order valence-electron chi connectivity index (χ4n) is 2.97. The summed E-state index contributed by atoms with van der Waals surface area (Å²) in [4.78, 5) is 16.6. The lowest BCUT2D eigenvalue weighted by atomic mass is 10.2. The molecule has 0 bridgehead atoms. The molecule has 2 aromatic rings. The largest absolute Gasteiger partial charge is 0.481 e. The average Bonchev–Trinajstić information content (AvgIpc) is 2.64. The van der Waals surface area contributed by atoms with E-state index < -0.39 is 6.10 Å². The van der Waals surface area contributed by atoms with Gasteiger partial charge in [-0.15, -0.1) is 0 Å². The monoisotopic (exact) mass is 342 g/mol. The van der Waals surface area contributed by atoms with Crippen molar-refractivity contribution in [3.05, 3.63) is 59.9 Å². The second kappa shape index (κ2) is 7.55. The van der Waals surface area contributed by atoms with Gasteiger partial charge in [-0.1, -0.05) is 17.7 Å². The molecule has 1 aliphatic heterocycles. The van der Waals surface area contributed by atoms with Crippen molar-refractivity contribution in [2.75, 3.05) is 31.1 Å². The van der Waals surface area contributed by atoms with Gasteiger partial charge >= 0.3 is 0 Å². The summed E-state index contributed by atoms with van der Waals surface area (Å²) in [7, 11) is 0. The summed E-state index contributed by atoms with van der Waals surface area (Å²) < 4.78 is 18.8. The van der Waals surface area contributed by atoms with Crippen molar-refractivity contribution < 1.29 is 13.9 Å². The van der Waals surface area contributed by atoms with Crippen LogP contribution in [0.25, 0.3) is 0 Å². The predicted molar refractivity (Wildman–Crippen MR) is 96.5 cm³/mol. The third-order valence-corrected chi connectivity index (χ3v) is 4.46. The van der Waals surface area contributed by atoms with E-state index in [1.807, 2.05) is 36.1 Å². The summed E-state index contributed by atoms with van der Waals surface area (Å²) in [5, 5.41) is 0. The first kappa shape index (κ1) is 17.3. The molecule has 1 fully saturated rings. The minimum Gasteiger partial charge on any atom is -0.481 e. The molecule has 25 heavy (non-hydrogen) atoms. The van der Waals surface area contributed by atoms with Crippen molar-refractivity contribution in [2.24, 2.45) is 0 Å². The number of halogens is 1. The minimum absolute atomic E-state index is 0.000619. The highest BCUT2D eigenvalue weighted by Crippen LogP contribution is 2.18. The molecule has 3 rings (SSSR count). The zero-order valence-electron chi connectivity index (χ0n) is 14.6. The third-order valence-electron chi connectivity index (χ3n) is 4.46. The number of aryl methyl sites for hydroxylation is 1. The van der Waals surface area contributed by atoms with Crippen LogP contribution in [0.3, 0.4) is 0 Å². The smallest absolute Gasteiger partial charge is 0.263 e. The van der Waals surface area contributed by atoms with Crippen molar-refractivity contribution in [3.63, 3.8) is 0 Å². The van der Waals surface area contributed by atoms with E-state index >= 15 is 0 Å². The van der Waals surface area contributed by atoms with Crippen molar-refractivity contribution >= 4 is 11.6 Å². The molecule has 1 amide bonds. The predicted octanol–water partition coefficient (Wildman–Crippen LogP) is 3.25. The van der Waals surface area contributed by atoms with Gasteiger partial charge in [0.1, 0.15) is 11.6 Å². The van der Waals surface area contributed by atoms with E-state index in [1.54, 1.807) is 19.1 Å². The Morgan fingerprint density at radius 3 is 2.20 bits per heavy atom. The number of anilines is 1. The summed E-state index contributed by atoms with van der Waals surface area (Å²) in [6.07, 6.45) is -0.514. The Balaban J connectivity index is 1.53. The second-order valence-corrected chi connectivity index (χ2v) is 6.36. The number of benzene rings is 2. The summed E-state index contributed by atoms with van der Waals surface area (Å²) in [6, 6.07) is 14.2. The van der Waals surface area contributed by atoms with E-state index in [1.165, 1.54) is 12.1 Å². The first-order valence-corrected chi connectivity index (χ1v) is 8.55. The molecule has 2 aromatic carbocycles. The highest BCUT2D eigenvalue weighted by Gasteiger charge is 2.26. The number of piperazine rings is 1. The van der Waals surface area contributed by atoms with Gasteiger partial charge in [0.25, 0.3) is 5.91 Å². The molecule has 0 radical (unpaired) electrons. The SMILES string of the molecule is Cc1ccc(O[C@H](C)C(=O)N2CCN(c3ccc(F)cc3)CC2)cc1. The standard InChI is InChI=1S/C20H23FN2O2/c1-15-3-9-19(10-4-15)25-16(2)20(24)23-13-11-22(12-14-23)18-7-5-17(21)6-8-18/h3-10,16H,11-14H2,1-2H3/t16-/m1/s1. The lowest BCUT2D eigenvalue weighted by Gasteiger charge is -2.37. The maximum Gasteiger partial charge on any atom is 0.263 e. The number of amides is 1. The van der Waals surface area contributed by atoms with E-state index in [0.29, 0.717) is 18.8 Å². The van der Waals surface area contributed by atoms with Gasteiger partial charge < -0.3 is 14.5 Å². The number of carbonyl (C=O) groups excluding carboxylic acids is 1. The molecule has 0 spiro atoms. The van der Waals surface area contributed by atoms with Gasteiger partial charge in [-0.2, -0.15) is 0 Å². The third kappa shape index (κ3) is 4.29. The number of nitrogens with zero attached hydrogens (tertiary/aromatic N) is 2. The van der Waals surface area contributed by atoms with Crippen LogP contribution in [-0.4, -0.2) is 43.1 Å². The number of rotatable bonds is 4. The van der Waals surface area contributed by atoms with Crippen LogP contribution in [0.15, 0.2) is 48.5 Å². The molecule has 0 N–H and O–H groups in total. The Morgan fingerprint density at radius 2 is 1.60 bits per heavy atom. The van der Waals surface area contributed by atoms with Gasteiger partial charge in [-0.05, 0) is 50.2 Å². The molecule has 0 saturated carbocycles. The van der Waals surface area contributed by atoms with Gasteiger partial charge in [0, 0.05) is 31.9 Å². The molecular weight excluding hydrogens is 319 g/mol. The quantitative estimate of drug-likeness (QED) is 0.855. The highest BCUT2D eigenvalue weighted by molar-refractivity contribution is 5.81. The fourth-order valence-corrected chi connectivity index (χ4v) is 2.97. The highest BCUT2D eigenvalue weighted by atomic mass is 19.1. The van der Waals surface area contributed by atoms with E-state index in [9.17, 15) is 9.18 Å². The Bertz CT molecular complexity index is 707. The van der Waals surface area contributed by atoms with Crippen molar-refractivity contribution in [1.29, 1.82) is 0 Å². The Labute approximate surface area is 147 Å². The van der Waals surface area contributed by atoms with E-state index in [2.05, 4.69) is 4.90 Å². The van der Waals surface area contributed by atoms with Crippen molar-refractivity contribution in [2.45, 2.75) is 20.0 Å². The molecule has 132 valence electrons. The summed E-state index contributed by atoms with van der Waals surface area (Å²) in [5.41, 5.74) is 2.14. The number of carbonyl (C=O) groups is 1. The van der Waals surface area contributed by atoms with Crippen LogP contribution < -0.4 is 9.64 Å². The average molecular weight is 342 g/mol. The topological polar surface area (TPSA) is 32.8 Å². The first-order valence-electron chi connectivity index (χ1n) is 8.55. The zero-order valence-corrected chi connectivity index (χ0v) is 14.6. The number of hydrogen-bond donors (Lipinski definition) is 0. The maximum atomic E-state index is 13.0. The van der Waals surface area contributed by atoms with E-state index in [-0.39, 0.29) is 11.7 Å². The van der Waals surface area contributed by atoms with E-state index in [0.717, 1.165) is 24.3 Å². The Hall–Kier alpha value is -2.56. The molecule has 4 nitrogen and oxygen atoms in total. The summed E-state index contributed by atoms with van der Waals surface area (Å²) >= 11 is 0. The van der Waals surface area contributed by atoms with Crippen LogP contribution in [0.5, 0.6) is 5.75 Å². The van der Waals surface area contributed by atoms with Crippen LogP contribution in [0.2, 0.25) is 0 Å². The maximum absolute atomic E-state index is 13.0. The van der Waals surface area contributed by atoms with E-state index in [4.69, 9.17) is 4.74 Å². The van der Waals surface area contributed by atoms with Gasteiger partial charge in [-0.25, -0.2) is 4.39 Å². The Kier molecular flexibility index (Phi) is 5.22. The van der Waals surface area contributed by atoms with Crippen LogP contribution in [0.1, 0.15) is 12.5 Å². The van der Waals surface area contributed by atoms with Gasteiger partial charge in [0.15, 0.2) is 6.10 Å². The van der Waals surface area contributed by atoms with Crippen LogP contribution in [0.4, 0.5) is 10.1 Å². The number of ether oxygens (including phenoxy) is 1. The molecule has 1 atom stereocenters.